The molecule has 0 aliphatic rings. The largest absolute Gasteiger partial charge is 0.423 e. The van der Waals surface area contributed by atoms with Crippen LogP contribution >= 0.6 is 0 Å². The van der Waals surface area contributed by atoms with Gasteiger partial charge in [0.25, 0.3) is 0 Å². The highest BCUT2D eigenvalue weighted by molar-refractivity contribution is 5.86. The van der Waals surface area contributed by atoms with Gasteiger partial charge in [-0.2, -0.15) is 0 Å². The predicted octanol–water partition coefficient (Wildman–Crippen LogP) is 3.07. The van der Waals surface area contributed by atoms with E-state index in [1.807, 2.05) is 46.8 Å². The van der Waals surface area contributed by atoms with Crippen LogP contribution in [0.3, 0.4) is 0 Å². The number of hydrogen-bond acceptors (Lipinski definition) is 3. The van der Waals surface area contributed by atoms with E-state index in [2.05, 4.69) is 5.32 Å². The molecule has 0 saturated heterocycles. The summed E-state index contributed by atoms with van der Waals surface area (Å²) < 4.78 is 5.27. The van der Waals surface area contributed by atoms with Crippen molar-refractivity contribution in [3.63, 3.8) is 0 Å². The van der Waals surface area contributed by atoms with Crippen molar-refractivity contribution in [2.24, 2.45) is 5.41 Å². The number of amides is 1. The van der Waals surface area contributed by atoms with Crippen LogP contribution in [0.4, 0.5) is 0 Å². The van der Waals surface area contributed by atoms with Crippen molar-refractivity contribution < 1.29 is 9.21 Å². The quantitative estimate of drug-likeness (QED) is 0.864. The monoisotopic (exact) mass is 287 g/mol. The van der Waals surface area contributed by atoms with Gasteiger partial charge in [0.15, 0.2) is 0 Å². The Labute approximate surface area is 124 Å². The molecular weight excluding hydrogens is 266 g/mol. The molecule has 1 aromatic carbocycles. The Kier molecular flexibility index (Phi) is 3.90. The summed E-state index contributed by atoms with van der Waals surface area (Å²) in [7, 11) is 0. The van der Waals surface area contributed by atoms with Crippen LogP contribution in [0.1, 0.15) is 37.5 Å². The number of aryl methyl sites for hydroxylation is 2. The van der Waals surface area contributed by atoms with Gasteiger partial charge in [-0.3, -0.25) is 4.79 Å². The fraction of sp³-hybridized carbons (Fsp3) is 0.412. The highest BCUT2D eigenvalue weighted by atomic mass is 16.4. The topological polar surface area (TPSA) is 59.3 Å². The first kappa shape index (κ1) is 15.3. The van der Waals surface area contributed by atoms with E-state index in [4.69, 9.17) is 4.42 Å². The highest BCUT2D eigenvalue weighted by Gasteiger charge is 2.21. The van der Waals surface area contributed by atoms with Crippen LogP contribution in [0, 0.1) is 19.3 Å². The number of rotatable bonds is 2. The molecule has 0 fully saturated rings. The van der Waals surface area contributed by atoms with Gasteiger partial charge in [0.2, 0.25) is 5.91 Å². The lowest BCUT2D eigenvalue weighted by Crippen LogP contribution is -2.34. The van der Waals surface area contributed by atoms with E-state index < -0.39 is 11.0 Å². The number of benzene rings is 1. The van der Waals surface area contributed by atoms with Crippen LogP contribution in [0.25, 0.3) is 11.0 Å². The molecule has 1 heterocycles. The summed E-state index contributed by atoms with van der Waals surface area (Å²) in [4.78, 5) is 23.7. The van der Waals surface area contributed by atoms with Crippen molar-refractivity contribution in [3.8, 4) is 0 Å². The van der Waals surface area contributed by atoms with E-state index in [1.165, 1.54) is 6.07 Å². The standard InChI is InChI=1S/C17H21NO3/c1-10-6-11(2)15-12(8-14(19)21-13(15)7-10)9-18-16(20)17(3,4)5/h6-8H,9H2,1-5H3,(H,18,20). The first-order valence-electron chi connectivity index (χ1n) is 7.01. The van der Waals surface area contributed by atoms with Gasteiger partial charge in [0.1, 0.15) is 5.58 Å². The van der Waals surface area contributed by atoms with Gasteiger partial charge in [0.05, 0.1) is 0 Å². The molecule has 0 spiro atoms. The van der Waals surface area contributed by atoms with Crippen LogP contribution in [-0.4, -0.2) is 5.91 Å². The molecule has 4 heteroatoms. The third-order valence-electron chi connectivity index (χ3n) is 3.39. The number of carbonyl (C=O) groups is 1. The summed E-state index contributed by atoms with van der Waals surface area (Å²) in [6.45, 7) is 9.82. The van der Waals surface area contributed by atoms with E-state index in [-0.39, 0.29) is 5.91 Å². The van der Waals surface area contributed by atoms with Gasteiger partial charge in [-0.25, -0.2) is 4.79 Å². The molecule has 0 aliphatic heterocycles. The second kappa shape index (κ2) is 5.35. The molecule has 1 amide bonds. The summed E-state index contributed by atoms with van der Waals surface area (Å²) >= 11 is 0. The summed E-state index contributed by atoms with van der Waals surface area (Å²) in [5.41, 5.74) is 2.58. The summed E-state index contributed by atoms with van der Waals surface area (Å²) in [6.07, 6.45) is 0. The lowest BCUT2D eigenvalue weighted by Gasteiger charge is -2.18. The van der Waals surface area contributed by atoms with Crippen molar-refractivity contribution in [1.29, 1.82) is 0 Å². The van der Waals surface area contributed by atoms with Gasteiger partial charge in [-0.15, -0.1) is 0 Å². The van der Waals surface area contributed by atoms with Gasteiger partial charge in [0, 0.05) is 23.4 Å². The molecule has 1 aromatic heterocycles. The second-order valence-corrected chi connectivity index (χ2v) is 6.48. The molecule has 0 unspecified atom stereocenters. The van der Waals surface area contributed by atoms with E-state index in [0.29, 0.717) is 12.1 Å². The minimum absolute atomic E-state index is 0.0475. The zero-order valence-corrected chi connectivity index (χ0v) is 13.2. The lowest BCUT2D eigenvalue weighted by atomic mass is 9.95. The maximum atomic E-state index is 12.0. The lowest BCUT2D eigenvalue weighted by molar-refractivity contribution is -0.128. The molecule has 0 bridgehead atoms. The zero-order chi connectivity index (χ0) is 15.8. The molecule has 2 rings (SSSR count). The number of carbonyl (C=O) groups excluding carboxylic acids is 1. The Bertz CT molecular complexity index is 751. The smallest absolute Gasteiger partial charge is 0.336 e. The Hall–Kier alpha value is -2.10. The Balaban J connectivity index is 2.44. The molecule has 1 N–H and O–H groups in total. The van der Waals surface area contributed by atoms with E-state index in [0.717, 1.165) is 22.1 Å². The fourth-order valence-electron chi connectivity index (χ4n) is 2.35. The van der Waals surface area contributed by atoms with Crippen molar-refractivity contribution in [2.75, 3.05) is 0 Å². The van der Waals surface area contributed by atoms with E-state index in [1.54, 1.807) is 0 Å². The maximum absolute atomic E-state index is 12.0. The molecule has 0 radical (unpaired) electrons. The van der Waals surface area contributed by atoms with Crippen LogP contribution in [0.5, 0.6) is 0 Å². The van der Waals surface area contributed by atoms with Gasteiger partial charge in [-0.05, 0) is 36.6 Å². The molecule has 4 nitrogen and oxygen atoms in total. The molecule has 21 heavy (non-hydrogen) atoms. The van der Waals surface area contributed by atoms with E-state index in [9.17, 15) is 9.59 Å². The van der Waals surface area contributed by atoms with Gasteiger partial charge in [-0.1, -0.05) is 26.8 Å². The Morgan fingerprint density at radius 3 is 2.48 bits per heavy atom. The van der Waals surface area contributed by atoms with E-state index >= 15 is 0 Å². The Morgan fingerprint density at radius 2 is 1.86 bits per heavy atom. The van der Waals surface area contributed by atoms with Crippen LogP contribution < -0.4 is 10.9 Å². The molecule has 0 aliphatic carbocycles. The average molecular weight is 287 g/mol. The second-order valence-electron chi connectivity index (χ2n) is 6.48. The van der Waals surface area contributed by atoms with Gasteiger partial charge >= 0.3 is 5.63 Å². The molecule has 2 aromatic rings. The minimum atomic E-state index is -0.457. The Morgan fingerprint density at radius 1 is 1.19 bits per heavy atom. The van der Waals surface area contributed by atoms with Crippen LogP contribution in [-0.2, 0) is 11.3 Å². The van der Waals surface area contributed by atoms with Crippen molar-refractivity contribution in [2.45, 2.75) is 41.2 Å². The fourth-order valence-corrected chi connectivity index (χ4v) is 2.35. The highest BCUT2D eigenvalue weighted by Crippen LogP contribution is 2.23. The number of hydrogen-bond donors (Lipinski definition) is 1. The predicted molar refractivity (Wildman–Crippen MR) is 83.3 cm³/mol. The third-order valence-corrected chi connectivity index (χ3v) is 3.39. The van der Waals surface area contributed by atoms with Crippen LogP contribution in [0.2, 0.25) is 0 Å². The first-order valence-corrected chi connectivity index (χ1v) is 7.01. The third kappa shape index (κ3) is 3.32. The SMILES string of the molecule is Cc1cc(C)c2c(CNC(=O)C(C)(C)C)cc(=O)oc2c1. The first-order chi connectivity index (χ1) is 9.68. The minimum Gasteiger partial charge on any atom is -0.423 e. The molecular formula is C17H21NO3. The number of fused-ring (bicyclic) bond motifs is 1. The summed E-state index contributed by atoms with van der Waals surface area (Å²) in [5.74, 6) is -0.0475. The summed E-state index contributed by atoms with van der Waals surface area (Å²) in [6, 6.07) is 5.34. The number of nitrogens with one attached hydrogen (secondary N) is 1. The van der Waals surface area contributed by atoms with Crippen molar-refractivity contribution in [3.05, 3.63) is 45.3 Å². The zero-order valence-electron chi connectivity index (χ0n) is 13.2. The summed E-state index contributed by atoms with van der Waals surface area (Å²) in [5, 5.41) is 3.78. The molecule has 112 valence electrons. The maximum Gasteiger partial charge on any atom is 0.336 e. The normalized spacial score (nSPS) is 11.7. The molecule has 0 atom stereocenters. The van der Waals surface area contributed by atoms with Gasteiger partial charge < -0.3 is 9.73 Å². The molecule has 0 saturated carbocycles. The average Bonchev–Trinajstić information content (AvgIpc) is 2.32. The van der Waals surface area contributed by atoms with Crippen molar-refractivity contribution >= 4 is 16.9 Å². The van der Waals surface area contributed by atoms with Crippen LogP contribution in [0.15, 0.2) is 27.4 Å². The van der Waals surface area contributed by atoms with Crippen molar-refractivity contribution in [1.82, 2.24) is 5.32 Å².